The molecule has 1 N–H and O–H groups in total. The molecule has 0 aromatic heterocycles. The zero-order valence-corrected chi connectivity index (χ0v) is 15.0. The zero-order valence-electron chi connectivity index (χ0n) is 15.0. The predicted octanol–water partition coefficient (Wildman–Crippen LogP) is 1.98. The SMILES string of the molecule is COC(=O)N1CCC(NC(=O)CCc2ccc(OC)c(OC)c2)CC1. The smallest absolute Gasteiger partial charge is 0.409 e. The summed E-state index contributed by atoms with van der Waals surface area (Å²) in [4.78, 5) is 25.3. The van der Waals surface area contributed by atoms with E-state index in [1.54, 1.807) is 19.1 Å². The molecule has 1 aromatic carbocycles. The summed E-state index contributed by atoms with van der Waals surface area (Å²) in [5.74, 6) is 1.36. The lowest BCUT2D eigenvalue weighted by Crippen LogP contribution is -2.46. The van der Waals surface area contributed by atoms with Gasteiger partial charge in [-0.1, -0.05) is 6.07 Å². The summed E-state index contributed by atoms with van der Waals surface area (Å²) in [6, 6.07) is 5.78. The van der Waals surface area contributed by atoms with Gasteiger partial charge in [0.05, 0.1) is 21.3 Å². The number of likely N-dealkylation sites (tertiary alicyclic amines) is 1. The van der Waals surface area contributed by atoms with Crippen molar-refractivity contribution in [2.75, 3.05) is 34.4 Å². The van der Waals surface area contributed by atoms with Crippen molar-refractivity contribution in [2.45, 2.75) is 31.7 Å². The van der Waals surface area contributed by atoms with E-state index < -0.39 is 0 Å². The average molecular weight is 350 g/mol. The van der Waals surface area contributed by atoms with E-state index in [0.29, 0.717) is 37.4 Å². The van der Waals surface area contributed by atoms with Crippen LogP contribution in [0.3, 0.4) is 0 Å². The number of nitrogens with one attached hydrogen (secondary N) is 1. The Balaban J connectivity index is 1.77. The predicted molar refractivity (Wildman–Crippen MR) is 93.0 cm³/mol. The summed E-state index contributed by atoms with van der Waals surface area (Å²) in [6.45, 7) is 1.21. The molecule has 0 aliphatic carbocycles. The number of benzene rings is 1. The molecule has 0 atom stereocenters. The Morgan fingerprint density at radius 3 is 2.40 bits per heavy atom. The molecule has 2 amide bonds. The van der Waals surface area contributed by atoms with Crippen LogP contribution in [0.5, 0.6) is 11.5 Å². The van der Waals surface area contributed by atoms with Crippen molar-refractivity contribution in [3.63, 3.8) is 0 Å². The molecule has 0 saturated carbocycles. The molecule has 1 heterocycles. The number of aryl methyl sites for hydroxylation is 1. The Bertz CT molecular complexity index is 597. The Kier molecular flexibility index (Phi) is 6.91. The molecular formula is C18H26N2O5. The normalized spacial score (nSPS) is 14.8. The first-order valence-electron chi connectivity index (χ1n) is 8.40. The Labute approximate surface area is 148 Å². The van der Waals surface area contributed by atoms with Crippen LogP contribution in [-0.4, -0.2) is 57.4 Å². The maximum atomic E-state index is 12.2. The highest BCUT2D eigenvalue weighted by Crippen LogP contribution is 2.27. The largest absolute Gasteiger partial charge is 0.493 e. The molecular weight excluding hydrogens is 324 g/mol. The third kappa shape index (κ3) is 5.27. The molecule has 7 nitrogen and oxygen atoms in total. The van der Waals surface area contributed by atoms with E-state index in [1.807, 2.05) is 18.2 Å². The van der Waals surface area contributed by atoms with E-state index in [1.165, 1.54) is 7.11 Å². The highest BCUT2D eigenvalue weighted by atomic mass is 16.5. The lowest BCUT2D eigenvalue weighted by molar-refractivity contribution is -0.122. The first kappa shape index (κ1) is 18.9. The quantitative estimate of drug-likeness (QED) is 0.849. The highest BCUT2D eigenvalue weighted by molar-refractivity contribution is 5.76. The third-order valence-corrected chi connectivity index (χ3v) is 4.38. The van der Waals surface area contributed by atoms with Crippen LogP contribution in [-0.2, 0) is 16.0 Å². The average Bonchev–Trinajstić information content (AvgIpc) is 2.66. The third-order valence-electron chi connectivity index (χ3n) is 4.38. The van der Waals surface area contributed by atoms with Gasteiger partial charge in [0.1, 0.15) is 0 Å². The summed E-state index contributed by atoms with van der Waals surface area (Å²) in [5.41, 5.74) is 1.02. The fourth-order valence-electron chi connectivity index (χ4n) is 2.93. The maximum Gasteiger partial charge on any atom is 0.409 e. The van der Waals surface area contributed by atoms with Crippen molar-refractivity contribution < 1.29 is 23.8 Å². The minimum absolute atomic E-state index is 0.0197. The number of ether oxygens (including phenoxy) is 3. The molecule has 1 aromatic rings. The second-order valence-electron chi connectivity index (χ2n) is 5.99. The fraction of sp³-hybridized carbons (Fsp3) is 0.556. The topological polar surface area (TPSA) is 77.1 Å². The van der Waals surface area contributed by atoms with E-state index in [0.717, 1.165) is 18.4 Å². The van der Waals surface area contributed by atoms with Gasteiger partial charge in [0.15, 0.2) is 11.5 Å². The van der Waals surface area contributed by atoms with Crippen molar-refractivity contribution in [1.29, 1.82) is 0 Å². The summed E-state index contributed by atoms with van der Waals surface area (Å²) in [5, 5.41) is 3.04. The summed E-state index contributed by atoms with van der Waals surface area (Å²) >= 11 is 0. The van der Waals surface area contributed by atoms with Gasteiger partial charge < -0.3 is 24.4 Å². The number of hydrogen-bond acceptors (Lipinski definition) is 5. The van der Waals surface area contributed by atoms with E-state index in [4.69, 9.17) is 14.2 Å². The second kappa shape index (κ2) is 9.15. The molecule has 0 radical (unpaired) electrons. The molecule has 0 bridgehead atoms. The van der Waals surface area contributed by atoms with E-state index in [9.17, 15) is 9.59 Å². The molecule has 0 spiro atoms. The van der Waals surface area contributed by atoms with E-state index in [-0.39, 0.29) is 18.0 Å². The molecule has 25 heavy (non-hydrogen) atoms. The zero-order chi connectivity index (χ0) is 18.2. The van der Waals surface area contributed by atoms with Gasteiger partial charge in [0, 0.05) is 25.6 Å². The van der Waals surface area contributed by atoms with Gasteiger partial charge in [-0.05, 0) is 37.0 Å². The van der Waals surface area contributed by atoms with Gasteiger partial charge >= 0.3 is 6.09 Å². The highest BCUT2D eigenvalue weighted by Gasteiger charge is 2.24. The van der Waals surface area contributed by atoms with Crippen molar-refractivity contribution in [3.05, 3.63) is 23.8 Å². The van der Waals surface area contributed by atoms with E-state index in [2.05, 4.69) is 5.32 Å². The monoisotopic (exact) mass is 350 g/mol. The molecule has 7 heteroatoms. The number of carbonyl (C=O) groups is 2. The van der Waals surface area contributed by atoms with Crippen molar-refractivity contribution in [2.24, 2.45) is 0 Å². The van der Waals surface area contributed by atoms with Gasteiger partial charge in [-0.3, -0.25) is 4.79 Å². The number of carbonyl (C=O) groups excluding carboxylic acids is 2. The van der Waals surface area contributed by atoms with Crippen LogP contribution in [0.25, 0.3) is 0 Å². The maximum absolute atomic E-state index is 12.2. The minimum Gasteiger partial charge on any atom is -0.493 e. The summed E-state index contributed by atoms with van der Waals surface area (Å²) in [7, 11) is 4.57. The van der Waals surface area contributed by atoms with E-state index >= 15 is 0 Å². The summed E-state index contributed by atoms with van der Waals surface area (Å²) < 4.78 is 15.2. The van der Waals surface area contributed by atoms with Crippen LogP contribution < -0.4 is 14.8 Å². The first-order chi connectivity index (χ1) is 12.1. The number of hydrogen-bond donors (Lipinski definition) is 1. The Morgan fingerprint density at radius 1 is 1.12 bits per heavy atom. The van der Waals surface area contributed by atoms with Crippen molar-refractivity contribution >= 4 is 12.0 Å². The fourth-order valence-corrected chi connectivity index (χ4v) is 2.93. The van der Waals surface area contributed by atoms with Crippen molar-refractivity contribution in [1.82, 2.24) is 10.2 Å². The summed E-state index contributed by atoms with van der Waals surface area (Å²) in [6.07, 6.45) is 2.23. The minimum atomic E-state index is -0.307. The van der Waals surface area contributed by atoms with Gasteiger partial charge in [0.2, 0.25) is 5.91 Å². The van der Waals surface area contributed by atoms with Gasteiger partial charge in [0.25, 0.3) is 0 Å². The molecule has 1 fully saturated rings. The number of methoxy groups -OCH3 is 3. The van der Waals surface area contributed by atoms with Crippen LogP contribution in [0.15, 0.2) is 18.2 Å². The molecule has 0 unspecified atom stereocenters. The van der Waals surface area contributed by atoms with Gasteiger partial charge in [-0.2, -0.15) is 0 Å². The number of nitrogens with zero attached hydrogens (tertiary/aromatic N) is 1. The van der Waals surface area contributed by atoms with Crippen LogP contribution in [0.2, 0.25) is 0 Å². The molecule has 1 aliphatic rings. The standard InChI is InChI=1S/C18H26N2O5/c1-23-15-6-4-13(12-16(15)24-2)5-7-17(21)19-14-8-10-20(11-9-14)18(22)25-3/h4,6,12,14H,5,7-11H2,1-3H3,(H,19,21). The number of amides is 2. The van der Waals surface area contributed by atoms with Crippen LogP contribution >= 0.6 is 0 Å². The van der Waals surface area contributed by atoms with Crippen LogP contribution in [0.1, 0.15) is 24.8 Å². The molecule has 138 valence electrons. The first-order valence-corrected chi connectivity index (χ1v) is 8.40. The lowest BCUT2D eigenvalue weighted by Gasteiger charge is -2.31. The van der Waals surface area contributed by atoms with Gasteiger partial charge in [-0.15, -0.1) is 0 Å². The molecule has 1 saturated heterocycles. The number of rotatable bonds is 6. The van der Waals surface area contributed by atoms with Gasteiger partial charge in [-0.25, -0.2) is 4.79 Å². The Morgan fingerprint density at radius 2 is 1.80 bits per heavy atom. The van der Waals surface area contributed by atoms with Crippen LogP contribution in [0.4, 0.5) is 4.79 Å². The number of piperidine rings is 1. The van der Waals surface area contributed by atoms with Crippen LogP contribution in [0, 0.1) is 0 Å². The second-order valence-corrected chi connectivity index (χ2v) is 5.99. The molecule has 2 rings (SSSR count). The Hall–Kier alpha value is -2.44. The molecule has 1 aliphatic heterocycles. The lowest BCUT2D eigenvalue weighted by atomic mass is 10.0. The van der Waals surface area contributed by atoms with Crippen molar-refractivity contribution in [3.8, 4) is 11.5 Å².